The Kier molecular flexibility index (Phi) is 36.1. The molecule has 34 heteroatoms. The molecule has 3 aliphatic rings. The van der Waals surface area contributed by atoms with Crippen LogP contribution in [-0.2, 0) is 92.5 Å². The van der Waals surface area contributed by atoms with Crippen LogP contribution in [0.4, 0.5) is 0 Å². The van der Waals surface area contributed by atoms with Gasteiger partial charge in [-0.05, 0) is 177 Å². The van der Waals surface area contributed by atoms with Crippen molar-refractivity contribution >= 4 is 117 Å². The molecule has 0 saturated carbocycles. The minimum absolute atomic E-state index is 0.0262. The topological polar surface area (TPSA) is 268 Å². The number of sulfonamides is 3. The molecule has 9 rings (SSSR count). The maximum absolute atomic E-state index is 13.9. The summed E-state index contributed by atoms with van der Waals surface area (Å²) in [6, 6.07) is 31.5. The lowest BCUT2D eigenvalue weighted by Gasteiger charge is -2.41. The Morgan fingerprint density at radius 3 is 0.913 bits per heavy atom. The number of rotatable bonds is 46. The van der Waals surface area contributed by atoms with Crippen LogP contribution in [0.3, 0.4) is 0 Å². The van der Waals surface area contributed by atoms with Crippen LogP contribution < -0.4 is 14.2 Å². The largest absolute Gasteiger partial charge is 0.378 e. The predicted octanol–water partition coefficient (Wildman–Crippen LogP) is 10.7. The summed E-state index contributed by atoms with van der Waals surface area (Å²) in [6.45, 7) is 6.86. The van der Waals surface area contributed by atoms with Gasteiger partial charge in [-0.1, -0.05) is 106 Å². The number of likely N-dealkylation sites (N-methyl/N-ethyl adjacent to an activating group) is 6. The average Bonchev–Trinajstić information content (AvgIpc) is 0.779. The van der Waals surface area contributed by atoms with Gasteiger partial charge in [0.05, 0.1) is 94.0 Å². The van der Waals surface area contributed by atoms with Crippen molar-refractivity contribution < 1.29 is 68.1 Å². The van der Waals surface area contributed by atoms with Crippen LogP contribution in [0.2, 0.25) is 30.1 Å². The molecule has 3 N–H and O–H groups in total. The van der Waals surface area contributed by atoms with Crippen molar-refractivity contribution in [2.45, 2.75) is 96.1 Å². The Balaban J connectivity index is 0.694. The van der Waals surface area contributed by atoms with Gasteiger partial charge in [0, 0.05) is 172 Å². The normalized spacial score (nSPS) is 16.4. The number of nitrogens with one attached hydrogen (secondary N) is 3. The van der Waals surface area contributed by atoms with Gasteiger partial charge in [0.2, 0.25) is 47.8 Å². The van der Waals surface area contributed by atoms with Crippen molar-refractivity contribution in [3.05, 3.63) is 189 Å². The van der Waals surface area contributed by atoms with E-state index < -0.39 is 35.6 Å². The van der Waals surface area contributed by atoms with Gasteiger partial charge in [0.25, 0.3) is 0 Å². The maximum atomic E-state index is 13.9. The molecule has 25 nitrogen and oxygen atoms in total. The molecule has 6 aromatic carbocycles. The Morgan fingerprint density at radius 2 is 0.652 bits per heavy atom. The van der Waals surface area contributed by atoms with Crippen molar-refractivity contribution in [1.82, 2.24) is 48.5 Å². The molecule has 0 aromatic heterocycles. The van der Waals surface area contributed by atoms with Gasteiger partial charge in [0.1, 0.15) is 0 Å². The number of hydrogen-bond acceptors (Lipinski definition) is 19. The third kappa shape index (κ3) is 27.1. The zero-order valence-corrected chi connectivity index (χ0v) is 73.6. The summed E-state index contributed by atoms with van der Waals surface area (Å²) in [4.78, 5) is 55.2. The molecular formula is C81H108Cl6N10O15S3. The van der Waals surface area contributed by atoms with Crippen molar-refractivity contribution in [2.75, 3.05) is 195 Å². The van der Waals surface area contributed by atoms with E-state index in [1.54, 1.807) is 109 Å². The van der Waals surface area contributed by atoms with Crippen LogP contribution in [0, 0.1) is 0 Å². The molecule has 3 amide bonds. The van der Waals surface area contributed by atoms with Crippen LogP contribution in [0.25, 0.3) is 0 Å². The lowest BCUT2D eigenvalue weighted by atomic mass is 9.82. The molecule has 0 saturated heterocycles. The molecule has 0 aliphatic carbocycles. The van der Waals surface area contributed by atoms with E-state index in [2.05, 4.69) is 28.9 Å². The van der Waals surface area contributed by atoms with E-state index in [0.717, 1.165) is 50.1 Å². The molecule has 3 atom stereocenters. The number of carbonyl (C=O) groups is 3. The molecule has 0 spiro atoms. The molecule has 632 valence electrons. The molecule has 3 aliphatic heterocycles. The number of hydrogen-bond donors (Lipinski definition) is 3. The summed E-state index contributed by atoms with van der Waals surface area (Å²) in [7, 11) is 3.16. The van der Waals surface area contributed by atoms with Crippen LogP contribution in [0.15, 0.2) is 124 Å². The summed E-state index contributed by atoms with van der Waals surface area (Å²) in [5.41, 5.74) is 7.51. The Bertz CT molecular complexity index is 4190. The van der Waals surface area contributed by atoms with Crippen molar-refractivity contribution in [3.8, 4) is 0 Å². The van der Waals surface area contributed by atoms with E-state index in [0.29, 0.717) is 88.7 Å². The van der Waals surface area contributed by atoms with Gasteiger partial charge in [0.15, 0.2) is 0 Å². The minimum Gasteiger partial charge on any atom is -0.378 e. The van der Waals surface area contributed by atoms with E-state index in [9.17, 15) is 39.6 Å². The highest BCUT2D eigenvalue weighted by atomic mass is 35.5. The highest BCUT2D eigenvalue weighted by Crippen LogP contribution is 2.43. The standard InChI is InChI=1S/C81H108Cl6N10O15S3/c1-91(2)81(21-18-78(98)95(6)27-33-110-39-36-107-30-24-88-113(101,102)63-15-9-12-57(42-63)69-51-92(3)54-72-66(69)45-60(82)48-75(72)85,22-19-79(99)96(7)28-34-111-40-37-108-31-25-89-114(103,104)64-16-10-13-58(43-64)70-52-93(4)55-73-67(70)46-61(83)49-76(73)86)23-20-80(100)97(8)29-35-112-41-38-109-32-26-90-115(105,106)65-17-11-14-59(44-65)71-53-94(5)56-74-68(71)47-62(84)50-77(74)87/h9-17,42-50,69-71,88-90H,18-41,51-56H2,1-8H3/t69-,70-,71-/m0/s1. The Hall–Kier alpha value is -5.20. The fourth-order valence-corrected chi connectivity index (χ4v) is 19.6. The summed E-state index contributed by atoms with van der Waals surface area (Å²) < 4.78 is 123. The minimum atomic E-state index is -3.88. The maximum Gasteiger partial charge on any atom is 0.240 e. The third-order valence-electron chi connectivity index (χ3n) is 21.3. The highest BCUT2D eigenvalue weighted by molar-refractivity contribution is 7.90. The molecule has 0 radical (unpaired) electrons. The Labute approximate surface area is 708 Å². The molecule has 3 heterocycles. The van der Waals surface area contributed by atoms with Gasteiger partial charge in [-0.15, -0.1) is 0 Å². The number of halogens is 6. The van der Waals surface area contributed by atoms with Gasteiger partial charge in [-0.2, -0.15) is 0 Å². The zero-order valence-electron chi connectivity index (χ0n) is 66.6. The molecule has 115 heavy (non-hydrogen) atoms. The summed E-state index contributed by atoms with van der Waals surface area (Å²) >= 11 is 39.0. The van der Waals surface area contributed by atoms with Gasteiger partial charge >= 0.3 is 0 Å². The molecule has 0 bridgehead atoms. The molecule has 6 aromatic rings. The first kappa shape index (κ1) is 93.7. The summed E-state index contributed by atoms with van der Waals surface area (Å²) in [5, 5.41) is 3.28. The molecular weight excluding hydrogens is 1660 g/mol. The van der Waals surface area contributed by atoms with Crippen molar-refractivity contribution in [2.24, 2.45) is 0 Å². The van der Waals surface area contributed by atoms with Crippen LogP contribution in [0.1, 0.15) is 106 Å². The Morgan fingerprint density at radius 1 is 0.391 bits per heavy atom. The first-order valence-electron chi connectivity index (χ1n) is 38.4. The van der Waals surface area contributed by atoms with Crippen molar-refractivity contribution in [1.29, 1.82) is 0 Å². The van der Waals surface area contributed by atoms with E-state index in [1.165, 1.54) is 0 Å². The van der Waals surface area contributed by atoms with E-state index >= 15 is 0 Å². The van der Waals surface area contributed by atoms with Gasteiger partial charge < -0.3 is 62.7 Å². The number of fused-ring (bicyclic) bond motifs is 3. The monoisotopic (exact) mass is 1770 g/mol. The lowest BCUT2D eigenvalue weighted by Crippen LogP contribution is -2.47. The third-order valence-corrected chi connectivity index (χ3v) is 27.3. The summed E-state index contributed by atoms with van der Waals surface area (Å²) in [6.07, 6.45) is 1.30. The fourth-order valence-electron chi connectivity index (χ4n) is 14.7. The second-order valence-electron chi connectivity index (χ2n) is 29.8. The second-order valence-corrected chi connectivity index (χ2v) is 37.6. The fraction of sp³-hybridized carbons (Fsp3) is 0.519. The van der Waals surface area contributed by atoms with E-state index in [4.69, 9.17) is 98.0 Å². The molecule has 0 unspecified atom stereocenters. The number of nitrogens with zero attached hydrogens (tertiary/aromatic N) is 7. The second kappa shape index (κ2) is 44.4. The lowest BCUT2D eigenvalue weighted by molar-refractivity contribution is -0.132. The quantitative estimate of drug-likeness (QED) is 0.0300. The molecule has 0 fully saturated rings. The number of benzene rings is 6. The van der Waals surface area contributed by atoms with Crippen LogP contribution in [-0.4, -0.2) is 277 Å². The van der Waals surface area contributed by atoms with Gasteiger partial charge in [-0.3, -0.25) is 14.4 Å². The highest BCUT2D eigenvalue weighted by Gasteiger charge is 2.37. The van der Waals surface area contributed by atoms with E-state index in [-0.39, 0.29) is 188 Å². The predicted molar refractivity (Wildman–Crippen MR) is 451 cm³/mol. The first-order valence-corrected chi connectivity index (χ1v) is 45.1. The SMILES string of the molecule is CN1Cc2c(Cl)cc(Cl)cc2[C@H](c2cccc(S(=O)(=O)NCCOCCOCCN(C)C(=O)CCC(CCC(=O)N(C)CCOCCOCCNS(=O)(=O)c3cccc([C@@H]4CN(C)Cc5c(Cl)cc(Cl)cc54)c3)(CCC(=O)N(C)CCOCCOCCNS(=O)(=O)c3cccc([C@@H]4CN(C)Cc5c(Cl)cc(Cl)cc54)c3)N(C)C)c2)C1. The smallest absolute Gasteiger partial charge is 0.240 e. The average molecular weight is 1770 g/mol. The van der Waals surface area contributed by atoms with Gasteiger partial charge in [-0.25, -0.2) is 39.4 Å². The summed E-state index contributed by atoms with van der Waals surface area (Å²) in [5.74, 6) is -0.888. The zero-order chi connectivity index (χ0) is 83.2. The van der Waals surface area contributed by atoms with E-state index in [1.807, 2.05) is 76.5 Å². The number of amides is 3. The van der Waals surface area contributed by atoms with Crippen LogP contribution in [0.5, 0.6) is 0 Å². The van der Waals surface area contributed by atoms with Crippen LogP contribution >= 0.6 is 69.6 Å². The number of ether oxygens (including phenoxy) is 6. The number of carbonyl (C=O) groups excluding carboxylic acids is 3. The first-order chi connectivity index (χ1) is 54.7. The van der Waals surface area contributed by atoms with Crippen molar-refractivity contribution in [3.63, 3.8) is 0 Å².